The maximum absolute atomic E-state index is 12.9. The molecule has 0 amide bonds. The summed E-state index contributed by atoms with van der Waals surface area (Å²) in [6.07, 6.45) is 0.301. The predicted octanol–water partition coefficient (Wildman–Crippen LogP) is 1.24. The Morgan fingerprint density at radius 1 is 1.31 bits per heavy atom. The topological polar surface area (TPSA) is 60.2 Å². The molecule has 1 atom stereocenters. The predicted molar refractivity (Wildman–Crippen MR) is 44.9 cm³/mol. The largest absolute Gasteiger partial charge is 0.249 e. The van der Waals surface area contributed by atoms with Crippen molar-refractivity contribution in [2.24, 2.45) is 5.14 Å². The van der Waals surface area contributed by atoms with Crippen LogP contribution in [0.3, 0.4) is 0 Å². The first-order valence-corrected chi connectivity index (χ1v) is 5.82. The van der Waals surface area contributed by atoms with Crippen molar-refractivity contribution in [3.63, 3.8) is 0 Å². The molecule has 0 saturated heterocycles. The number of rotatable bonds is 1. The van der Waals surface area contributed by atoms with E-state index in [9.17, 15) is 17.2 Å². The lowest BCUT2D eigenvalue weighted by Gasteiger charge is -2.17. The summed E-state index contributed by atoms with van der Waals surface area (Å²) in [6.45, 7) is 0. The lowest BCUT2D eigenvalue weighted by Crippen LogP contribution is -2.33. The quantitative estimate of drug-likeness (QED) is 0.666. The molecule has 0 aromatic heterocycles. The van der Waals surface area contributed by atoms with Crippen LogP contribution in [0.2, 0.25) is 0 Å². The van der Waals surface area contributed by atoms with Crippen LogP contribution < -0.4 is 5.14 Å². The highest BCUT2D eigenvalue weighted by molar-refractivity contribution is 7.89. The summed E-state index contributed by atoms with van der Waals surface area (Å²) in [5, 5.41) is 3.77. The van der Waals surface area contributed by atoms with E-state index < -0.39 is 27.6 Å². The Morgan fingerprint density at radius 2 is 1.92 bits per heavy atom. The molecule has 0 aromatic rings. The molecule has 0 bridgehead atoms. The highest BCUT2D eigenvalue weighted by Crippen LogP contribution is 2.33. The van der Waals surface area contributed by atoms with Gasteiger partial charge in [0.05, 0.1) is 5.25 Å². The minimum atomic E-state index is -3.80. The molecule has 1 aliphatic carbocycles. The van der Waals surface area contributed by atoms with Gasteiger partial charge in [-0.25, -0.2) is 22.3 Å². The van der Waals surface area contributed by atoms with Gasteiger partial charge in [0, 0.05) is 12.8 Å². The number of sulfonamides is 1. The van der Waals surface area contributed by atoms with Gasteiger partial charge in [0.1, 0.15) is 0 Å². The van der Waals surface area contributed by atoms with Crippen molar-refractivity contribution < 1.29 is 17.2 Å². The summed E-state index contributed by atoms with van der Waals surface area (Å²) in [7, 11) is -3.80. The highest BCUT2D eigenvalue weighted by atomic mass is 32.2. The molecule has 0 aromatic carbocycles. The third kappa shape index (κ3) is 3.19. The van der Waals surface area contributed by atoms with E-state index in [1.54, 1.807) is 0 Å². The van der Waals surface area contributed by atoms with Crippen LogP contribution in [-0.2, 0) is 10.0 Å². The van der Waals surface area contributed by atoms with Gasteiger partial charge in [0.25, 0.3) is 0 Å². The van der Waals surface area contributed by atoms with Crippen LogP contribution in [-0.4, -0.2) is 19.6 Å². The average Bonchev–Trinajstić information content (AvgIpc) is 2.08. The second kappa shape index (κ2) is 3.49. The summed E-state index contributed by atoms with van der Waals surface area (Å²) in [5.41, 5.74) is 0. The summed E-state index contributed by atoms with van der Waals surface area (Å²) >= 11 is 0. The van der Waals surface area contributed by atoms with Crippen molar-refractivity contribution >= 4 is 10.0 Å². The first-order chi connectivity index (χ1) is 5.81. The van der Waals surface area contributed by atoms with Gasteiger partial charge >= 0.3 is 0 Å². The Kier molecular flexibility index (Phi) is 2.91. The fraction of sp³-hybridized carbons (Fsp3) is 1.00. The zero-order chi connectivity index (χ0) is 10.1. The lowest BCUT2D eigenvalue weighted by molar-refractivity contribution is -0.0131. The molecule has 1 fully saturated rings. The molecule has 2 N–H and O–H groups in total. The lowest BCUT2D eigenvalue weighted by atomic mass is 10.1. The minimum absolute atomic E-state index is 0.223. The number of alkyl halides is 2. The molecule has 0 radical (unpaired) electrons. The molecule has 3 nitrogen and oxygen atoms in total. The zero-order valence-corrected chi connectivity index (χ0v) is 7.99. The maximum atomic E-state index is 12.9. The van der Waals surface area contributed by atoms with Crippen LogP contribution in [0.5, 0.6) is 0 Å². The van der Waals surface area contributed by atoms with Gasteiger partial charge in [-0.3, -0.25) is 0 Å². The molecule has 0 spiro atoms. The number of primary sulfonamides is 1. The van der Waals surface area contributed by atoms with E-state index in [1.165, 1.54) is 0 Å². The Labute approximate surface area is 76.4 Å². The van der Waals surface area contributed by atoms with Crippen LogP contribution in [0.4, 0.5) is 8.78 Å². The Balaban J connectivity index is 2.77. The summed E-state index contributed by atoms with van der Waals surface area (Å²) in [5.74, 6) is -2.87. The Hall–Kier alpha value is -0.230. The molecule has 78 valence electrons. The summed E-state index contributed by atoms with van der Waals surface area (Å²) in [6, 6.07) is 0. The Morgan fingerprint density at radius 3 is 2.46 bits per heavy atom. The smallest absolute Gasteiger partial charge is 0.228 e. The van der Waals surface area contributed by atoms with Crippen molar-refractivity contribution in [3.05, 3.63) is 0 Å². The molecule has 1 aliphatic rings. The fourth-order valence-electron chi connectivity index (χ4n) is 1.57. The van der Waals surface area contributed by atoms with Crippen LogP contribution in [0.15, 0.2) is 0 Å². The average molecular weight is 213 g/mol. The summed E-state index contributed by atoms with van der Waals surface area (Å²) < 4.78 is 47.6. The molecule has 0 aliphatic heterocycles. The van der Waals surface area contributed by atoms with Gasteiger partial charge in [0.15, 0.2) is 0 Å². The van der Waals surface area contributed by atoms with Crippen LogP contribution in [0, 0.1) is 0 Å². The highest BCUT2D eigenvalue weighted by Gasteiger charge is 2.38. The van der Waals surface area contributed by atoms with Crippen molar-refractivity contribution in [1.29, 1.82) is 0 Å². The van der Waals surface area contributed by atoms with Crippen LogP contribution in [0.25, 0.3) is 0 Å². The van der Waals surface area contributed by atoms with E-state index in [0.717, 1.165) is 0 Å². The molecular weight excluding hydrogens is 200 g/mol. The van der Waals surface area contributed by atoms with Crippen molar-refractivity contribution in [3.8, 4) is 0 Å². The van der Waals surface area contributed by atoms with Gasteiger partial charge in [-0.05, 0) is 12.8 Å². The molecule has 6 heteroatoms. The fourth-order valence-corrected chi connectivity index (χ4v) is 2.54. The summed E-state index contributed by atoms with van der Waals surface area (Å²) in [4.78, 5) is 0. The number of nitrogens with two attached hydrogens (primary N) is 1. The third-order valence-corrected chi connectivity index (χ3v) is 3.64. The molecule has 1 unspecified atom stereocenters. The van der Waals surface area contributed by atoms with E-state index in [4.69, 9.17) is 5.14 Å². The molecule has 1 saturated carbocycles. The van der Waals surface area contributed by atoms with E-state index in [1.807, 2.05) is 0 Å². The Bertz CT molecular complexity index is 276. The zero-order valence-electron chi connectivity index (χ0n) is 7.17. The number of hydrogen-bond donors (Lipinski definition) is 1. The van der Waals surface area contributed by atoms with E-state index in [0.29, 0.717) is 12.8 Å². The van der Waals surface area contributed by atoms with Gasteiger partial charge in [-0.1, -0.05) is 6.42 Å². The van der Waals surface area contributed by atoms with Crippen molar-refractivity contribution in [2.45, 2.75) is 43.3 Å². The monoisotopic (exact) mass is 213 g/mol. The van der Waals surface area contributed by atoms with Crippen LogP contribution in [0.1, 0.15) is 32.1 Å². The van der Waals surface area contributed by atoms with Crippen molar-refractivity contribution in [1.82, 2.24) is 0 Å². The number of halogens is 2. The normalized spacial score (nSPS) is 29.6. The second-order valence-electron chi connectivity index (χ2n) is 3.52. The molecule has 13 heavy (non-hydrogen) atoms. The second-order valence-corrected chi connectivity index (χ2v) is 5.36. The number of hydrogen-bond acceptors (Lipinski definition) is 2. The van der Waals surface area contributed by atoms with Gasteiger partial charge in [0.2, 0.25) is 15.9 Å². The first kappa shape index (κ1) is 10.8. The van der Waals surface area contributed by atoms with Gasteiger partial charge in [-0.2, -0.15) is 0 Å². The van der Waals surface area contributed by atoms with E-state index >= 15 is 0 Å². The van der Waals surface area contributed by atoms with Gasteiger partial charge < -0.3 is 0 Å². The molecule has 0 heterocycles. The standard InChI is InChI=1S/C7H13F2NO2S/c8-7(9)4-2-1-3-6(5-7)13(10,11)12/h6H,1-5H2,(H2,10,11,12). The SMILES string of the molecule is NS(=O)(=O)C1CCCCC(F)(F)C1. The third-order valence-electron chi connectivity index (χ3n) is 2.31. The van der Waals surface area contributed by atoms with Crippen molar-refractivity contribution in [2.75, 3.05) is 0 Å². The van der Waals surface area contributed by atoms with Gasteiger partial charge in [-0.15, -0.1) is 0 Å². The van der Waals surface area contributed by atoms with E-state index in [-0.39, 0.29) is 12.8 Å². The van der Waals surface area contributed by atoms with Crippen LogP contribution >= 0.6 is 0 Å². The molecule has 1 rings (SSSR count). The minimum Gasteiger partial charge on any atom is -0.228 e. The van der Waals surface area contributed by atoms with E-state index in [2.05, 4.69) is 0 Å². The maximum Gasteiger partial charge on any atom is 0.249 e. The first-order valence-electron chi connectivity index (χ1n) is 4.21. The molecular formula is C7H13F2NO2S.